The molecule has 0 atom stereocenters. The molecule has 0 fully saturated rings. The van der Waals surface area contributed by atoms with Crippen molar-refractivity contribution in [2.45, 2.75) is 12.8 Å². The van der Waals surface area contributed by atoms with Crippen LogP contribution in [0.3, 0.4) is 0 Å². The second-order valence-corrected chi connectivity index (χ2v) is 5.98. The van der Waals surface area contributed by atoms with Gasteiger partial charge in [-0.25, -0.2) is 9.97 Å². The molecule has 2 aliphatic heterocycles. The van der Waals surface area contributed by atoms with Crippen LogP contribution in [0.2, 0.25) is 0 Å². The zero-order valence-electron chi connectivity index (χ0n) is 13.1. The molecule has 2 aliphatic rings. The zero-order valence-corrected chi connectivity index (χ0v) is 13.1. The number of anilines is 4. The predicted molar refractivity (Wildman–Crippen MR) is 91.9 cm³/mol. The molecule has 1 aromatic carbocycles. The summed E-state index contributed by atoms with van der Waals surface area (Å²) in [6.07, 6.45) is 8.91. The van der Waals surface area contributed by atoms with Crippen molar-refractivity contribution in [1.82, 2.24) is 19.9 Å². The molecule has 2 aromatic heterocycles. The van der Waals surface area contributed by atoms with E-state index in [0.29, 0.717) is 0 Å². The molecule has 118 valence electrons. The van der Waals surface area contributed by atoms with Crippen LogP contribution >= 0.6 is 0 Å². The molecule has 6 heteroatoms. The van der Waals surface area contributed by atoms with Crippen LogP contribution < -0.4 is 9.80 Å². The monoisotopic (exact) mass is 316 g/mol. The van der Waals surface area contributed by atoms with Crippen molar-refractivity contribution in [3.63, 3.8) is 0 Å². The fourth-order valence-corrected chi connectivity index (χ4v) is 3.50. The van der Waals surface area contributed by atoms with E-state index >= 15 is 0 Å². The lowest BCUT2D eigenvalue weighted by Crippen LogP contribution is -2.17. The smallest absolute Gasteiger partial charge is 0.154 e. The Morgan fingerprint density at radius 1 is 0.667 bits per heavy atom. The molecule has 0 radical (unpaired) electrons. The van der Waals surface area contributed by atoms with E-state index in [1.54, 1.807) is 24.8 Å². The molecule has 0 bridgehead atoms. The van der Waals surface area contributed by atoms with E-state index in [4.69, 9.17) is 0 Å². The first kappa shape index (κ1) is 13.4. The maximum Gasteiger partial charge on any atom is 0.154 e. The fourth-order valence-electron chi connectivity index (χ4n) is 3.50. The average Bonchev–Trinajstić information content (AvgIpc) is 3.26. The standard InChI is InChI=1S/C18H16N6/c1-2-13(23-10-4-15-17(23)21-8-6-19-15)12-14(3-1)24-11-5-16-18(24)22-9-7-20-16/h1-3,6-9,12H,4-5,10-11H2. The predicted octanol–water partition coefficient (Wildman–Crippen LogP) is 2.66. The fraction of sp³-hybridized carbons (Fsp3) is 0.222. The van der Waals surface area contributed by atoms with E-state index in [2.05, 4.69) is 54.0 Å². The SMILES string of the molecule is c1cc(N2CCc3nccnc32)cc(N2CCc3nccnc32)c1. The number of nitrogens with zero attached hydrogens (tertiary/aromatic N) is 6. The van der Waals surface area contributed by atoms with E-state index in [1.807, 2.05) is 0 Å². The third kappa shape index (κ3) is 2.03. The summed E-state index contributed by atoms with van der Waals surface area (Å²) in [7, 11) is 0. The molecule has 0 aliphatic carbocycles. The van der Waals surface area contributed by atoms with E-state index < -0.39 is 0 Å². The number of benzene rings is 1. The molecular weight excluding hydrogens is 300 g/mol. The number of hydrogen-bond acceptors (Lipinski definition) is 6. The molecule has 0 spiro atoms. The minimum atomic E-state index is 0.916. The van der Waals surface area contributed by atoms with Crippen molar-refractivity contribution in [1.29, 1.82) is 0 Å². The number of hydrogen-bond donors (Lipinski definition) is 0. The Morgan fingerprint density at radius 3 is 1.71 bits per heavy atom. The van der Waals surface area contributed by atoms with Gasteiger partial charge in [-0.1, -0.05) is 6.07 Å². The van der Waals surface area contributed by atoms with Crippen LogP contribution in [0.4, 0.5) is 23.0 Å². The van der Waals surface area contributed by atoms with Gasteiger partial charge >= 0.3 is 0 Å². The molecule has 0 N–H and O–H groups in total. The third-order valence-corrected chi connectivity index (χ3v) is 4.61. The van der Waals surface area contributed by atoms with Crippen LogP contribution in [-0.2, 0) is 12.8 Å². The highest BCUT2D eigenvalue weighted by Gasteiger charge is 2.25. The van der Waals surface area contributed by atoms with Gasteiger partial charge < -0.3 is 9.80 Å². The first-order valence-corrected chi connectivity index (χ1v) is 8.15. The minimum Gasteiger partial charge on any atom is -0.324 e. The molecule has 0 saturated heterocycles. The molecule has 0 amide bonds. The van der Waals surface area contributed by atoms with Crippen LogP contribution in [0.15, 0.2) is 49.1 Å². The highest BCUT2D eigenvalue weighted by Crippen LogP contribution is 2.36. The van der Waals surface area contributed by atoms with Crippen molar-refractivity contribution in [2.75, 3.05) is 22.9 Å². The molecule has 4 heterocycles. The topological polar surface area (TPSA) is 58.0 Å². The molecule has 6 nitrogen and oxygen atoms in total. The van der Waals surface area contributed by atoms with E-state index in [0.717, 1.165) is 60.3 Å². The lowest BCUT2D eigenvalue weighted by atomic mass is 10.2. The lowest BCUT2D eigenvalue weighted by molar-refractivity contribution is 0.965. The summed E-state index contributed by atoms with van der Waals surface area (Å²) in [5.41, 5.74) is 4.42. The first-order chi connectivity index (χ1) is 11.9. The lowest BCUT2D eigenvalue weighted by Gasteiger charge is -2.22. The van der Waals surface area contributed by atoms with Gasteiger partial charge in [0.1, 0.15) is 0 Å². The van der Waals surface area contributed by atoms with Crippen LogP contribution in [-0.4, -0.2) is 33.0 Å². The summed E-state index contributed by atoms with van der Waals surface area (Å²) in [6, 6.07) is 8.54. The van der Waals surface area contributed by atoms with Gasteiger partial charge in [-0.05, 0) is 18.2 Å². The van der Waals surface area contributed by atoms with E-state index in [9.17, 15) is 0 Å². The van der Waals surface area contributed by atoms with Crippen molar-refractivity contribution in [3.8, 4) is 0 Å². The van der Waals surface area contributed by atoms with Crippen LogP contribution in [0.25, 0.3) is 0 Å². The van der Waals surface area contributed by atoms with Gasteiger partial charge in [0.2, 0.25) is 0 Å². The maximum absolute atomic E-state index is 4.51. The quantitative estimate of drug-likeness (QED) is 0.724. The van der Waals surface area contributed by atoms with Crippen LogP contribution in [0, 0.1) is 0 Å². The summed E-state index contributed by atoms with van der Waals surface area (Å²) >= 11 is 0. The molecule has 24 heavy (non-hydrogen) atoms. The summed E-state index contributed by atoms with van der Waals surface area (Å²) in [4.78, 5) is 22.4. The van der Waals surface area contributed by atoms with Crippen molar-refractivity contribution >= 4 is 23.0 Å². The Morgan fingerprint density at radius 2 is 1.17 bits per heavy atom. The van der Waals surface area contributed by atoms with Crippen molar-refractivity contribution in [2.24, 2.45) is 0 Å². The second kappa shape index (κ2) is 5.26. The average molecular weight is 316 g/mol. The zero-order chi connectivity index (χ0) is 15.9. The Labute approximate surface area is 139 Å². The Kier molecular flexibility index (Phi) is 2.94. The Balaban J connectivity index is 1.52. The van der Waals surface area contributed by atoms with Gasteiger partial charge in [-0.3, -0.25) is 9.97 Å². The van der Waals surface area contributed by atoms with Crippen molar-refractivity contribution < 1.29 is 0 Å². The van der Waals surface area contributed by atoms with Crippen molar-refractivity contribution in [3.05, 3.63) is 60.4 Å². The molecule has 3 aromatic rings. The van der Waals surface area contributed by atoms with Gasteiger partial charge in [-0.15, -0.1) is 0 Å². The number of fused-ring (bicyclic) bond motifs is 2. The summed E-state index contributed by atoms with van der Waals surface area (Å²) in [5.74, 6) is 1.94. The normalized spacial score (nSPS) is 15.5. The van der Waals surface area contributed by atoms with Gasteiger partial charge in [0.15, 0.2) is 11.6 Å². The largest absolute Gasteiger partial charge is 0.324 e. The number of rotatable bonds is 2. The van der Waals surface area contributed by atoms with Gasteiger partial charge in [0, 0.05) is 62.1 Å². The first-order valence-electron chi connectivity index (χ1n) is 8.15. The molecule has 0 unspecified atom stereocenters. The van der Waals surface area contributed by atoms with Gasteiger partial charge in [0.25, 0.3) is 0 Å². The van der Waals surface area contributed by atoms with E-state index in [-0.39, 0.29) is 0 Å². The van der Waals surface area contributed by atoms with Crippen LogP contribution in [0.1, 0.15) is 11.4 Å². The summed E-state index contributed by atoms with van der Waals surface area (Å²) in [5, 5.41) is 0. The highest BCUT2D eigenvalue weighted by atomic mass is 15.2. The minimum absolute atomic E-state index is 0.916. The van der Waals surface area contributed by atoms with E-state index in [1.165, 1.54) is 0 Å². The summed E-state index contributed by atoms with van der Waals surface area (Å²) < 4.78 is 0. The summed E-state index contributed by atoms with van der Waals surface area (Å²) in [6.45, 7) is 1.83. The van der Waals surface area contributed by atoms with Gasteiger partial charge in [0.05, 0.1) is 11.4 Å². The van der Waals surface area contributed by atoms with Crippen LogP contribution in [0.5, 0.6) is 0 Å². The highest BCUT2D eigenvalue weighted by molar-refractivity contribution is 5.72. The number of aromatic nitrogens is 4. The maximum atomic E-state index is 4.51. The molecular formula is C18H16N6. The second-order valence-electron chi connectivity index (χ2n) is 5.98. The Hall–Kier alpha value is -3.02. The van der Waals surface area contributed by atoms with Gasteiger partial charge in [-0.2, -0.15) is 0 Å². The third-order valence-electron chi connectivity index (χ3n) is 4.61. The molecule has 0 saturated carbocycles. The molecule has 5 rings (SSSR count). The Bertz CT molecular complexity index is 839.